The Hall–Kier alpha value is -2.75. The number of benzene rings is 2. The van der Waals surface area contributed by atoms with Gasteiger partial charge in [-0.2, -0.15) is 0 Å². The Kier molecular flexibility index (Phi) is 4.18. The summed E-state index contributed by atoms with van der Waals surface area (Å²) >= 11 is 3.13. The maximum atomic E-state index is 4.67. The Labute approximate surface area is 154 Å². The summed E-state index contributed by atoms with van der Waals surface area (Å²) in [6.07, 6.45) is 3.65. The first-order chi connectivity index (χ1) is 12.2. The molecule has 0 unspecified atom stereocenters. The molecule has 5 heteroatoms. The number of para-hydroxylation sites is 2. The van der Waals surface area contributed by atoms with E-state index >= 15 is 0 Å². The van der Waals surface area contributed by atoms with Gasteiger partial charge in [-0.15, -0.1) is 0 Å². The fourth-order valence-electron chi connectivity index (χ4n) is 2.74. The fourth-order valence-corrected chi connectivity index (χ4v) is 3.46. The predicted octanol–water partition coefficient (Wildman–Crippen LogP) is 3.27. The van der Waals surface area contributed by atoms with E-state index < -0.39 is 0 Å². The van der Waals surface area contributed by atoms with Crippen molar-refractivity contribution in [3.8, 4) is 5.69 Å². The van der Waals surface area contributed by atoms with Crippen LogP contribution in [0.4, 0.5) is 5.69 Å². The van der Waals surface area contributed by atoms with Gasteiger partial charge in [0.2, 0.25) is 0 Å². The molecule has 0 atom stereocenters. The Bertz CT molecular complexity index is 1060. The third-order valence-corrected chi connectivity index (χ3v) is 4.83. The summed E-state index contributed by atoms with van der Waals surface area (Å²) in [5.74, 6) is 0. The van der Waals surface area contributed by atoms with Crippen molar-refractivity contribution in [2.24, 2.45) is 4.99 Å². The van der Waals surface area contributed by atoms with Crippen molar-refractivity contribution in [1.82, 2.24) is 14.8 Å². The Balaban J connectivity index is 1.76. The van der Waals surface area contributed by atoms with Gasteiger partial charge in [0.05, 0.1) is 0 Å². The molecular weight excluding hydrogens is 375 g/mol. The minimum atomic E-state index is 0.851. The molecule has 0 N–H and O–H groups in total. The first-order valence-electron chi connectivity index (χ1n) is 7.94. The number of aliphatic imine (C=N–C) groups is 1. The van der Waals surface area contributed by atoms with E-state index in [-0.39, 0.29) is 0 Å². The summed E-state index contributed by atoms with van der Waals surface area (Å²) in [4.78, 5) is 9.12. The Morgan fingerprint density at radius 3 is 2.64 bits per heavy atom. The van der Waals surface area contributed by atoms with Crippen molar-refractivity contribution in [3.63, 3.8) is 0 Å². The topological polar surface area (TPSA) is 43.1 Å². The second-order valence-electron chi connectivity index (χ2n) is 5.66. The molecule has 0 spiro atoms. The Morgan fingerprint density at radius 2 is 1.80 bits per heavy atom. The molecular formula is C20H15N4Se. The van der Waals surface area contributed by atoms with E-state index in [1.54, 1.807) is 6.20 Å². The zero-order valence-corrected chi connectivity index (χ0v) is 15.3. The van der Waals surface area contributed by atoms with Crippen LogP contribution >= 0.6 is 0 Å². The summed E-state index contributed by atoms with van der Waals surface area (Å²) in [5, 5.41) is 5.71. The van der Waals surface area contributed by atoms with E-state index in [4.69, 9.17) is 0 Å². The molecule has 0 saturated heterocycles. The van der Waals surface area contributed by atoms with Crippen LogP contribution in [0.1, 0.15) is 11.3 Å². The van der Waals surface area contributed by atoms with Gasteiger partial charge in [-0.05, 0) is 0 Å². The predicted molar refractivity (Wildman–Crippen MR) is 103 cm³/mol. The number of hydrogen-bond donors (Lipinski definition) is 0. The van der Waals surface area contributed by atoms with E-state index in [1.807, 2.05) is 78.5 Å². The van der Waals surface area contributed by atoms with Crippen molar-refractivity contribution in [1.29, 1.82) is 0 Å². The van der Waals surface area contributed by atoms with Crippen molar-refractivity contribution in [2.45, 2.75) is 6.92 Å². The van der Waals surface area contributed by atoms with Gasteiger partial charge in [-0.1, -0.05) is 0 Å². The number of pyridine rings is 1. The molecule has 4 nitrogen and oxygen atoms in total. The molecule has 0 bridgehead atoms. The summed E-state index contributed by atoms with van der Waals surface area (Å²) in [7, 11) is 0. The van der Waals surface area contributed by atoms with Crippen LogP contribution in [0, 0.1) is 6.92 Å². The van der Waals surface area contributed by atoms with Crippen LogP contribution in [0.25, 0.3) is 16.6 Å². The monoisotopic (exact) mass is 391 g/mol. The molecule has 0 saturated carbocycles. The van der Waals surface area contributed by atoms with E-state index in [2.05, 4.69) is 31.1 Å². The second kappa shape index (κ2) is 6.63. The number of nitrogens with zero attached hydrogens (tertiary/aromatic N) is 4. The van der Waals surface area contributed by atoms with Crippen LogP contribution < -0.4 is 4.59 Å². The summed E-state index contributed by atoms with van der Waals surface area (Å²) in [6, 6.07) is 20.0. The number of aromatic nitrogens is 3. The van der Waals surface area contributed by atoms with E-state index in [9.17, 15) is 0 Å². The van der Waals surface area contributed by atoms with Gasteiger partial charge in [-0.3, -0.25) is 0 Å². The molecule has 0 amide bonds. The van der Waals surface area contributed by atoms with Gasteiger partial charge in [0.25, 0.3) is 0 Å². The van der Waals surface area contributed by atoms with E-state index in [0.29, 0.717) is 0 Å². The van der Waals surface area contributed by atoms with Crippen LogP contribution in [0.15, 0.2) is 71.9 Å². The van der Waals surface area contributed by atoms with Crippen molar-refractivity contribution in [3.05, 3.63) is 78.1 Å². The van der Waals surface area contributed by atoms with Crippen LogP contribution in [-0.4, -0.2) is 37.0 Å². The van der Waals surface area contributed by atoms with Gasteiger partial charge in [0.1, 0.15) is 0 Å². The molecule has 0 aliphatic rings. The van der Waals surface area contributed by atoms with E-state index in [0.717, 1.165) is 38.1 Å². The van der Waals surface area contributed by atoms with Gasteiger partial charge in [-0.25, -0.2) is 0 Å². The molecule has 4 aromatic rings. The summed E-state index contributed by atoms with van der Waals surface area (Å²) in [6.45, 7) is 1.99. The van der Waals surface area contributed by atoms with Crippen molar-refractivity contribution < 1.29 is 0 Å². The molecule has 0 aliphatic carbocycles. The molecule has 0 aliphatic heterocycles. The van der Waals surface area contributed by atoms with Crippen LogP contribution in [-0.2, 0) is 0 Å². The maximum absolute atomic E-state index is 4.67. The molecule has 121 valence electrons. The molecule has 2 aromatic heterocycles. The first kappa shape index (κ1) is 15.8. The average molecular weight is 390 g/mol. The van der Waals surface area contributed by atoms with Gasteiger partial charge in [0.15, 0.2) is 0 Å². The minimum absolute atomic E-state index is 0.851. The molecule has 25 heavy (non-hydrogen) atoms. The van der Waals surface area contributed by atoms with E-state index in [1.165, 1.54) is 0 Å². The summed E-state index contributed by atoms with van der Waals surface area (Å²) < 4.78 is 2.85. The van der Waals surface area contributed by atoms with Crippen molar-refractivity contribution >= 4 is 43.4 Å². The summed E-state index contributed by atoms with van der Waals surface area (Å²) in [5.41, 5.74) is 4.68. The molecule has 0 fully saturated rings. The zero-order chi connectivity index (χ0) is 17.2. The Morgan fingerprint density at radius 1 is 1.00 bits per heavy atom. The normalized spacial score (nSPS) is 11.4. The second-order valence-corrected chi connectivity index (χ2v) is 6.47. The third-order valence-electron chi connectivity index (χ3n) is 4.01. The molecule has 2 aromatic carbocycles. The third kappa shape index (κ3) is 3.00. The molecule has 4 rings (SSSR count). The van der Waals surface area contributed by atoms with Gasteiger partial charge >= 0.3 is 154 Å². The van der Waals surface area contributed by atoms with Gasteiger partial charge < -0.3 is 0 Å². The average Bonchev–Trinajstić information content (AvgIpc) is 2.94. The number of fused-ring (bicyclic) bond motifs is 1. The standard InChI is InChI=1S/C20H15N4Se/c1-14-17(20(25)24(23-14)16-9-3-2-4-10-16)13-22-18-11-5-7-15-8-6-12-21-19(15)18/h2-13H,1H3. The van der Waals surface area contributed by atoms with Crippen LogP contribution in [0.5, 0.6) is 0 Å². The fraction of sp³-hybridized carbons (Fsp3) is 0.0500. The number of rotatable bonds is 3. The van der Waals surface area contributed by atoms with Crippen LogP contribution in [0.3, 0.4) is 0 Å². The molecule has 2 heterocycles. The SMILES string of the molecule is Cc1nn(-c2ccccc2)c([Se])c1C=Nc1cccc2cccnc12. The van der Waals surface area contributed by atoms with Crippen molar-refractivity contribution in [2.75, 3.05) is 0 Å². The number of aryl methyl sites for hydroxylation is 1. The zero-order valence-electron chi connectivity index (χ0n) is 13.6. The quantitative estimate of drug-likeness (QED) is 0.398. The first-order valence-corrected chi connectivity index (χ1v) is 8.79. The van der Waals surface area contributed by atoms with Gasteiger partial charge in [0, 0.05) is 0 Å². The number of hydrogen-bond acceptors (Lipinski definition) is 3. The molecule has 1 radical (unpaired) electrons. The van der Waals surface area contributed by atoms with Crippen LogP contribution in [0.2, 0.25) is 0 Å².